The number of hydrogen-bond acceptors (Lipinski definition) is 4. The lowest BCUT2D eigenvalue weighted by Crippen LogP contribution is -2.47. The van der Waals surface area contributed by atoms with Gasteiger partial charge in [-0.1, -0.05) is 0 Å². The number of carbonyl (C=O) groups is 1. The number of piperidine rings is 2. The topological polar surface area (TPSA) is 44.4 Å². The zero-order chi connectivity index (χ0) is 12.8. The van der Waals surface area contributed by atoms with E-state index < -0.39 is 0 Å². The van der Waals surface area contributed by atoms with Crippen LogP contribution in [-0.2, 0) is 4.79 Å². The highest BCUT2D eigenvalue weighted by molar-refractivity contribution is 8.00. The summed E-state index contributed by atoms with van der Waals surface area (Å²) in [7, 11) is 2.13. The fourth-order valence-corrected chi connectivity index (χ4v) is 3.75. The van der Waals surface area contributed by atoms with E-state index in [1.54, 1.807) is 0 Å². The Bertz CT molecular complexity index is 269. The van der Waals surface area contributed by atoms with E-state index >= 15 is 0 Å². The van der Waals surface area contributed by atoms with E-state index in [1.807, 2.05) is 11.8 Å². The molecule has 2 fully saturated rings. The summed E-state index contributed by atoms with van der Waals surface area (Å²) < 4.78 is 0. The van der Waals surface area contributed by atoms with Crippen LogP contribution in [0, 0.1) is 0 Å². The van der Waals surface area contributed by atoms with E-state index in [1.165, 1.54) is 19.3 Å². The summed E-state index contributed by atoms with van der Waals surface area (Å²) in [6.45, 7) is 4.37. The number of carbonyl (C=O) groups excluding carboxylic acids is 1. The summed E-state index contributed by atoms with van der Waals surface area (Å²) in [5.74, 6) is 0.851. The summed E-state index contributed by atoms with van der Waals surface area (Å²) >= 11 is 1.83. The van der Waals surface area contributed by atoms with Gasteiger partial charge in [0.2, 0.25) is 5.91 Å². The van der Waals surface area contributed by atoms with Crippen LogP contribution in [0.4, 0.5) is 0 Å². The van der Waals surface area contributed by atoms with Gasteiger partial charge in [-0.3, -0.25) is 4.79 Å². The first-order chi connectivity index (χ1) is 8.74. The Labute approximate surface area is 114 Å². The van der Waals surface area contributed by atoms with Crippen molar-refractivity contribution < 1.29 is 4.79 Å². The largest absolute Gasteiger partial charge is 0.351 e. The predicted octanol–water partition coefficient (Wildman–Crippen LogP) is 0.682. The maximum absolute atomic E-state index is 11.9. The molecule has 0 spiro atoms. The first-order valence-electron chi connectivity index (χ1n) is 7.04. The number of likely N-dealkylation sites (N-methyl/N-ethyl adjacent to an activating group) is 1. The molecule has 0 aliphatic carbocycles. The Morgan fingerprint density at radius 1 is 1.39 bits per heavy atom. The molecule has 2 aliphatic heterocycles. The number of rotatable bonds is 4. The quantitative estimate of drug-likeness (QED) is 0.789. The summed E-state index contributed by atoms with van der Waals surface area (Å²) in [6.07, 6.45) is 4.73. The van der Waals surface area contributed by atoms with E-state index in [0.717, 1.165) is 32.6 Å². The molecule has 0 radical (unpaired) electrons. The maximum atomic E-state index is 11.9. The molecule has 1 amide bonds. The van der Waals surface area contributed by atoms with Gasteiger partial charge in [-0.05, 0) is 52.4 Å². The molecule has 2 rings (SSSR count). The third kappa shape index (κ3) is 4.78. The molecule has 5 heteroatoms. The van der Waals surface area contributed by atoms with E-state index in [2.05, 4.69) is 22.6 Å². The van der Waals surface area contributed by atoms with Crippen LogP contribution in [0.3, 0.4) is 0 Å². The van der Waals surface area contributed by atoms with Crippen molar-refractivity contribution in [1.82, 2.24) is 15.5 Å². The van der Waals surface area contributed by atoms with Gasteiger partial charge in [-0.15, -0.1) is 11.8 Å². The first kappa shape index (κ1) is 14.2. The van der Waals surface area contributed by atoms with Crippen molar-refractivity contribution in [3.63, 3.8) is 0 Å². The van der Waals surface area contributed by atoms with Gasteiger partial charge >= 0.3 is 0 Å². The maximum Gasteiger partial charge on any atom is 0.230 e. The summed E-state index contributed by atoms with van der Waals surface area (Å²) in [4.78, 5) is 14.2. The Morgan fingerprint density at radius 3 is 2.89 bits per heavy atom. The first-order valence-corrected chi connectivity index (χ1v) is 8.09. The number of nitrogens with zero attached hydrogens (tertiary/aromatic N) is 1. The van der Waals surface area contributed by atoms with Crippen molar-refractivity contribution in [3.8, 4) is 0 Å². The van der Waals surface area contributed by atoms with Gasteiger partial charge in [-0.25, -0.2) is 0 Å². The zero-order valence-electron chi connectivity index (χ0n) is 11.3. The molecule has 0 saturated carbocycles. The van der Waals surface area contributed by atoms with E-state index in [0.29, 0.717) is 17.0 Å². The molecule has 4 nitrogen and oxygen atoms in total. The van der Waals surface area contributed by atoms with Gasteiger partial charge in [-0.2, -0.15) is 0 Å². The molecular formula is C13H25N3OS. The van der Waals surface area contributed by atoms with Crippen molar-refractivity contribution in [2.75, 3.05) is 39.0 Å². The highest BCUT2D eigenvalue weighted by Crippen LogP contribution is 2.19. The molecule has 0 aromatic heterocycles. The van der Waals surface area contributed by atoms with Crippen molar-refractivity contribution >= 4 is 17.7 Å². The minimum Gasteiger partial charge on any atom is -0.351 e. The average molecular weight is 271 g/mol. The van der Waals surface area contributed by atoms with Crippen LogP contribution in [0.25, 0.3) is 0 Å². The zero-order valence-corrected chi connectivity index (χ0v) is 12.1. The Morgan fingerprint density at radius 2 is 2.17 bits per heavy atom. The highest BCUT2D eigenvalue weighted by Gasteiger charge is 2.20. The standard InChI is InChI=1S/C13H25N3OS/c1-16-8-2-3-11(9-16)15-13(17)10-18-12-4-6-14-7-5-12/h11-12,14H,2-10H2,1H3,(H,15,17). The van der Waals surface area contributed by atoms with Crippen LogP contribution in [0.1, 0.15) is 25.7 Å². The molecule has 2 heterocycles. The normalized spacial score (nSPS) is 27.1. The third-order valence-corrected chi connectivity index (χ3v) is 5.10. The van der Waals surface area contributed by atoms with Crippen LogP contribution >= 0.6 is 11.8 Å². The van der Waals surface area contributed by atoms with Gasteiger partial charge in [0, 0.05) is 17.8 Å². The van der Waals surface area contributed by atoms with Crippen LogP contribution in [-0.4, -0.2) is 61.1 Å². The van der Waals surface area contributed by atoms with Crippen molar-refractivity contribution in [1.29, 1.82) is 0 Å². The lowest BCUT2D eigenvalue weighted by atomic mass is 10.1. The van der Waals surface area contributed by atoms with Crippen molar-refractivity contribution in [2.45, 2.75) is 37.0 Å². The second kappa shape index (κ2) is 7.36. The van der Waals surface area contributed by atoms with Crippen molar-refractivity contribution in [2.24, 2.45) is 0 Å². The van der Waals surface area contributed by atoms with Crippen LogP contribution < -0.4 is 10.6 Å². The summed E-state index contributed by atoms with van der Waals surface area (Å²) in [5.41, 5.74) is 0. The Balaban J connectivity index is 1.62. The summed E-state index contributed by atoms with van der Waals surface area (Å²) in [5, 5.41) is 7.20. The molecule has 2 saturated heterocycles. The number of amides is 1. The third-order valence-electron chi connectivity index (χ3n) is 3.73. The fourth-order valence-electron chi connectivity index (χ4n) is 2.71. The lowest BCUT2D eigenvalue weighted by Gasteiger charge is -2.30. The lowest BCUT2D eigenvalue weighted by molar-refractivity contribution is -0.119. The minimum absolute atomic E-state index is 0.221. The number of likely N-dealkylation sites (tertiary alicyclic amines) is 1. The second-order valence-electron chi connectivity index (χ2n) is 5.43. The Kier molecular flexibility index (Phi) is 5.79. The number of hydrogen-bond donors (Lipinski definition) is 2. The van der Waals surface area contributed by atoms with Crippen LogP contribution in [0.5, 0.6) is 0 Å². The Hall–Kier alpha value is -0.260. The molecule has 0 bridgehead atoms. The van der Waals surface area contributed by atoms with E-state index in [-0.39, 0.29) is 5.91 Å². The van der Waals surface area contributed by atoms with Crippen LogP contribution in [0.15, 0.2) is 0 Å². The minimum atomic E-state index is 0.221. The SMILES string of the molecule is CN1CCCC(NC(=O)CSC2CCNCC2)C1. The van der Waals surface area contributed by atoms with Gasteiger partial charge in [0.05, 0.1) is 5.75 Å². The van der Waals surface area contributed by atoms with Gasteiger partial charge < -0.3 is 15.5 Å². The van der Waals surface area contributed by atoms with Gasteiger partial charge in [0.25, 0.3) is 0 Å². The van der Waals surface area contributed by atoms with Crippen LogP contribution in [0.2, 0.25) is 0 Å². The average Bonchev–Trinajstić information content (AvgIpc) is 2.38. The number of thioether (sulfide) groups is 1. The molecule has 1 unspecified atom stereocenters. The molecule has 2 aliphatic rings. The molecular weight excluding hydrogens is 246 g/mol. The summed E-state index contributed by atoms with van der Waals surface area (Å²) in [6, 6.07) is 0.366. The molecule has 104 valence electrons. The molecule has 0 aromatic rings. The molecule has 2 N–H and O–H groups in total. The fraction of sp³-hybridized carbons (Fsp3) is 0.923. The van der Waals surface area contributed by atoms with Crippen molar-refractivity contribution in [3.05, 3.63) is 0 Å². The second-order valence-corrected chi connectivity index (χ2v) is 6.72. The van der Waals surface area contributed by atoms with Gasteiger partial charge in [0.1, 0.15) is 0 Å². The highest BCUT2D eigenvalue weighted by atomic mass is 32.2. The predicted molar refractivity (Wildman–Crippen MR) is 77.0 cm³/mol. The van der Waals surface area contributed by atoms with Gasteiger partial charge in [0.15, 0.2) is 0 Å². The van der Waals surface area contributed by atoms with E-state index in [9.17, 15) is 4.79 Å². The molecule has 1 atom stereocenters. The molecule has 18 heavy (non-hydrogen) atoms. The monoisotopic (exact) mass is 271 g/mol. The molecule has 0 aromatic carbocycles. The smallest absolute Gasteiger partial charge is 0.230 e. The van der Waals surface area contributed by atoms with E-state index in [4.69, 9.17) is 0 Å². The number of nitrogens with one attached hydrogen (secondary N) is 2.